The van der Waals surface area contributed by atoms with Crippen LogP contribution in [0.1, 0.15) is 37.2 Å². The minimum absolute atomic E-state index is 0.0364. The SMILES string of the molecule is C[C@H](Cn1cccn1)C(=O)N1CCC[C@H](c2nc(-c3cccs3)cc(C(F)(F)F)n2)C1. The molecule has 2 atom stereocenters. The van der Waals surface area contributed by atoms with Gasteiger partial charge in [0.15, 0.2) is 0 Å². The standard InChI is InChI=1S/C21H22F3N5OS/c1-14(12-29-9-4-7-25-29)20(30)28-8-2-5-15(13-28)19-26-16(17-6-3-10-31-17)11-18(27-19)21(22,23)24/h3-4,6-7,9-11,14-15H,2,5,8,12-13H2,1H3/t14-,15+/m1/s1. The minimum atomic E-state index is -4.56. The lowest BCUT2D eigenvalue weighted by Gasteiger charge is -2.34. The van der Waals surface area contributed by atoms with Crippen molar-refractivity contribution >= 4 is 17.2 Å². The monoisotopic (exact) mass is 449 g/mol. The summed E-state index contributed by atoms with van der Waals surface area (Å²) in [5, 5.41) is 5.93. The van der Waals surface area contributed by atoms with Gasteiger partial charge >= 0.3 is 6.18 Å². The minimum Gasteiger partial charge on any atom is -0.342 e. The lowest BCUT2D eigenvalue weighted by atomic mass is 9.95. The molecule has 0 aliphatic carbocycles. The van der Waals surface area contributed by atoms with Crippen LogP contribution < -0.4 is 0 Å². The maximum absolute atomic E-state index is 13.5. The van der Waals surface area contributed by atoms with Gasteiger partial charge in [-0.1, -0.05) is 13.0 Å². The van der Waals surface area contributed by atoms with Crippen molar-refractivity contribution in [3.8, 4) is 10.6 Å². The van der Waals surface area contributed by atoms with E-state index in [0.717, 1.165) is 6.07 Å². The average molecular weight is 450 g/mol. The number of carbonyl (C=O) groups excluding carboxylic acids is 1. The molecule has 0 saturated carbocycles. The lowest BCUT2D eigenvalue weighted by Crippen LogP contribution is -2.43. The Balaban J connectivity index is 1.56. The van der Waals surface area contributed by atoms with E-state index in [1.807, 2.05) is 6.92 Å². The first kappa shape index (κ1) is 21.5. The third-order valence-corrected chi connectivity index (χ3v) is 6.24. The Kier molecular flexibility index (Phi) is 6.08. The molecule has 3 aromatic heterocycles. The van der Waals surface area contributed by atoms with Crippen molar-refractivity contribution < 1.29 is 18.0 Å². The first-order chi connectivity index (χ1) is 14.8. The maximum atomic E-state index is 13.5. The predicted molar refractivity (Wildman–Crippen MR) is 110 cm³/mol. The molecule has 0 unspecified atom stereocenters. The fourth-order valence-corrected chi connectivity index (χ4v) is 4.50. The van der Waals surface area contributed by atoms with E-state index in [9.17, 15) is 18.0 Å². The molecule has 1 saturated heterocycles. The number of piperidine rings is 1. The maximum Gasteiger partial charge on any atom is 0.433 e. The summed E-state index contributed by atoms with van der Waals surface area (Å²) in [6, 6.07) is 6.30. The summed E-state index contributed by atoms with van der Waals surface area (Å²) < 4.78 is 42.2. The van der Waals surface area contributed by atoms with Gasteiger partial charge in [-0.2, -0.15) is 18.3 Å². The number of thiophene rings is 1. The Bertz CT molecular complexity index is 1020. The second-order valence-electron chi connectivity index (χ2n) is 7.72. The molecular weight excluding hydrogens is 427 g/mol. The number of halogens is 3. The summed E-state index contributed by atoms with van der Waals surface area (Å²) in [5.41, 5.74) is -0.681. The van der Waals surface area contributed by atoms with E-state index in [4.69, 9.17) is 0 Å². The fraction of sp³-hybridized carbons (Fsp3) is 0.429. The molecule has 164 valence electrons. The van der Waals surface area contributed by atoms with Crippen LogP contribution in [0.25, 0.3) is 10.6 Å². The van der Waals surface area contributed by atoms with E-state index >= 15 is 0 Å². The summed E-state index contributed by atoms with van der Waals surface area (Å²) in [6.45, 7) is 3.18. The number of rotatable bonds is 5. The quantitative estimate of drug-likeness (QED) is 0.577. The van der Waals surface area contributed by atoms with Crippen molar-refractivity contribution in [3.05, 3.63) is 53.6 Å². The van der Waals surface area contributed by atoms with E-state index in [0.29, 0.717) is 37.4 Å². The van der Waals surface area contributed by atoms with Crippen molar-refractivity contribution in [3.63, 3.8) is 0 Å². The molecule has 1 fully saturated rings. The molecule has 1 amide bonds. The fourth-order valence-electron chi connectivity index (χ4n) is 3.81. The highest BCUT2D eigenvalue weighted by molar-refractivity contribution is 7.13. The first-order valence-corrected chi connectivity index (χ1v) is 11.0. The summed E-state index contributed by atoms with van der Waals surface area (Å²) in [5.74, 6) is -0.514. The molecule has 1 aliphatic heterocycles. The Labute approximate surface area is 181 Å². The zero-order valence-electron chi connectivity index (χ0n) is 16.9. The van der Waals surface area contributed by atoms with Gasteiger partial charge in [0.1, 0.15) is 11.5 Å². The van der Waals surface area contributed by atoms with Crippen molar-refractivity contribution in [1.82, 2.24) is 24.6 Å². The number of likely N-dealkylation sites (tertiary alicyclic amines) is 1. The van der Waals surface area contributed by atoms with E-state index < -0.39 is 11.9 Å². The molecule has 0 aromatic carbocycles. The van der Waals surface area contributed by atoms with Gasteiger partial charge in [0.2, 0.25) is 5.91 Å². The van der Waals surface area contributed by atoms with Gasteiger partial charge in [0.25, 0.3) is 0 Å². The van der Waals surface area contributed by atoms with Crippen LogP contribution in [-0.2, 0) is 17.5 Å². The van der Waals surface area contributed by atoms with Gasteiger partial charge in [-0.3, -0.25) is 9.48 Å². The van der Waals surface area contributed by atoms with E-state index in [1.165, 1.54) is 11.3 Å². The summed E-state index contributed by atoms with van der Waals surface area (Å²) in [7, 11) is 0. The van der Waals surface area contributed by atoms with Crippen LogP contribution in [-0.4, -0.2) is 43.6 Å². The Morgan fingerprint density at radius 3 is 2.84 bits per heavy atom. The molecule has 0 bridgehead atoms. The smallest absolute Gasteiger partial charge is 0.342 e. The van der Waals surface area contributed by atoms with Crippen molar-refractivity contribution in [1.29, 1.82) is 0 Å². The van der Waals surface area contributed by atoms with Crippen LogP contribution in [0.3, 0.4) is 0 Å². The highest BCUT2D eigenvalue weighted by Crippen LogP contribution is 2.34. The van der Waals surface area contributed by atoms with Crippen LogP contribution in [0.2, 0.25) is 0 Å². The number of hydrogen-bond acceptors (Lipinski definition) is 5. The molecular formula is C21H22F3N5OS. The predicted octanol–water partition coefficient (Wildman–Crippen LogP) is 4.46. The van der Waals surface area contributed by atoms with Crippen LogP contribution in [0.15, 0.2) is 42.0 Å². The average Bonchev–Trinajstić information content (AvgIpc) is 3.47. The molecule has 3 aromatic rings. The third-order valence-electron chi connectivity index (χ3n) is 5.35. The third kappa shape index (κ3) is 4.95. The lowest BCUT2D eigenvalue weighted by molar-refractivity contribution is -0.141. The van der Waals surface area contributed by atoms with Crippen LogP contribution in [0, 0.1) is 5.92 Å². The van der Waals surface area contributed by atoms with E-state index in [1.54, 1.807) is 45.6 Å². The number of nitrogens with zero attached hydrogens (tertiary/aromatic N) is 5. The van der Waals surface area contributed by atoms with Crippen LogP contribution in [0.5, 0.6) is 0 Å². The summed E-state index contributed by atoms with van der Waals surface area (Å²) in [4.78, 5) is 23.6. The summed E-state index contributed by atoms with van der Waals surface area (Å²) in [6.07, 6.45) is 0.225. The number of amides is 1. The Morgan fingerprint density at radius 1 is 1.32 bits per heavy atom. The van der Waals surface area contributed by atoms with Crippen molar-refractivity contribution in [2.24, 2.45) is 5.92 Å². The van der Waals surface area contributed by atoms with E-state index in [2.05, 4.69) is 15.1 Å². The molecule has 0 spiro atoms. The van der Waals surface area contributed by atoms with Crippen molar-refractivity contribution in [2.75, 3.05) is 13.1 Å². The molecule has 0 radical (unpaired) electrons. The van der Waals surface area contributed by atoms with Gasteiger partial charge in [0.05, 0.1) is 23.0 Å². The normalized spacial score (nSPS) is 18.2. The topological polar surface area (TPSA) is 63.9 Å². The second kappa shape index (κ2) is 8.78. The molecule has 0 N–H and O–H groups in total. The van der Waals surface area contributed by atoms with Gasteiger partial charge in [0, 0.05) is 31.4 Å². The largest absolute Gasteiger partial charge is 0.433 e. The summed E-state index contributed by atoms with van der Waals surface area (Å²) >= 11 is 1.33. The number of carbonyl (C=O) groups is 1. The molecule has 4 heterocycles. The first-order valence-electron chi connectivity index (χ1n) is 10.1. The zero-order chi connectivity index (χ0) is 22.0. The zero-order valence-corrected chi connectivity index (χ0v) is 17.7. The molecule has 31 heavy (non-hydrogen) atoms. The molecule has 6 nitrogen and oxygen atoms in total. The van der Waals surface area contributed by atoms with Gasteiger partial charge < -0.3 is 4.90 Å². The molecule has 10 heteroatoms. The Morgan fingerprint density at radius 2 is 2.16 bits per heavy atom. The molecule has 1 aliphatic rings. The highest BCUT2D eigenvalue weighted by atomic mass is 32.1. The molecule has 4 rings (SSSR count). The van der Waals surface area contributed by atoms with Crippen molar-refractivity contribution in [2.45, 2.75) is 38.4 Å². The number of hydrogen-bond donors (Lipinski definition) is 0. The van der Waals surface area contributed by atoms with Gasteiger partial charge in [-0.25, -0.2) is 9.97 Å². The van der Waals surface area contributed by atoms with Gasteiger partial charge in [-0.05, 0) is 36.4 Å². The second-order valence-corrected chi connectivity index (χ2v) is 8.67. The number of aromatic nitrogens is 4. The van der Waals surface area contributed by atoms with Crippen LogP contribution in [0.4, 0.5) is 13.2 Å². The van der Waals surface area contributed by atoms with E-state index in [-0.39, 0.29) is 29.3 Å². The van der Waals surface area contributed by atoms with Crippen LogP contribution >= 0.6 is 11.3 Å². The Hall–Kier alpha value is -2.75. The van der Waals surface area contributed by atoms with Gasteiger partial charge in [-0.15, -0.1) is 11.3 Å². The highest BCUT2D eigenvalue weighted by Gasteiger charge is 2.36. The number of alkyl halides is 3.